The second-order valence-electron chi connectivity index (χ2n) is 6.09. The monoisotopic (exact) mass is 276 g/mol. The SMILES string of the molecule is Cc1cc(C(C)C)ccc1-c1c2ccccc2cc[n+]1C. The highest BCUT2D eigenvalue weighted by Crippen LogP contribution is 2.29. The largest absolute Gasteiger partial charge is 0.220 e. The van der Waals surface area contributed by atoms with E-state index in [1.807, 2.05) is 0 Å². The first kappa shape index (κ1) is 13.8. The number of pyridine rings is 1. The zero-order valence-electron chi connectivity index (χ0n) is 13.2. The zero-order chi connectivity index (χ0) is 15.0. The van der Waals surface area contributed by atoms with Crippen LogP contribution in [0.1, 0.15) is 30.9 Å². The van der Waals surface area contributed by atoms with E-state index < -0.39 is 0 Å². The molecule has 0 aliphatic carbocycles. The third kappa shape index (κ3) is 2.44. The molecule has 1 aromatic heterocycles. The highest BCUT2D eigenvalue weighted by Gasteiger charge is 2.17. The summed E-state index contributed by atoms with van der Waals surface area (Å²) in [6.07, 6.45) is 2.15. The lowest BCUT2D eigenvalue weighted by Crippen LogP contribution is -2.30. The topological polar surface area (TPSA) is 3.88 Å². The molecule has 0 radical (unpaired) electrons. The zero-order valence-corrected chi connectivity index (χ0v) is 13.2. The number of benzene rings is 2. The van der Waals surface area contributed by atoms with E-state index in [0.29, 0.717) is 5.92 Å². The number of hydrogen-bond donors (Lipinski definition) is 0. The van der Waals surface area contributed by atoms with Gasteiger partial charge in [-0.3, -0.25) is 0 Å². The maximum atomic E-state index is 2.32. The van der Waals surface area contributed by atoms with E-state index in [-0.39, 0.29) is 0 Å². The predicted molar refractivity (Wildman–Crippen MR) is 89.4 cm³/mol. The minimum Gasteiger partial charge on any atom is -0.200 e. The standard InChI is InChI=1S/C20H22N/c1-14(2)17-9-10-18(15(3)13-17)20-19-8-6-5-7-16(19)11-12-21(20)4/h5-14H,1-4H3/q+1. The van der Waals surface area contributed by atoms with Crippen LogP contribution in [0.3, 0.4) is 0 Å². The van der Waals surface area contributed by atoms with Gasteiger partial charge in [-0.1, -0.05) is 44.2 Å². The van der Waals surface area contributed by atoms with E-state index in [1.165, 1.54) is 33.2 Å². The molecule has 0 saturated heterocycles. The van der Waals surface area contributed by atoms with Crippen molar-refractivity contribution in [3.05, 3.63) is 65.9 Å². The van der Waals surface area contributed by atoms with Crippen molar-refractivity contribution >= 4 is 10.8 Å². The van der Waals surface area contributed by atoms with Crippen LogP contribution in [-0.4, -0.2) is 0 Å². The average molecular weight is 276 g/mol. The molecule has 3 rings (SSSR count). The Balaban J connectivity index is 2.28. The number of aromatic nitrogens is 1. The lowest BCUT2D eigenvalue weighted by atomic mass is 9.94. The molecule has 1 heteroatoms. The van der Waals surface area contributed by atoms with Gasteiger partial charge < -0.3 is 0 Å². The molecule has 0 aliphatic heterocycles. The van der Waals surface area contributed by atoms with Crippen LogP contribution in [0.5, 0.6) is 0 Å². The minimum absolute atomic E-state index is 0.569. The quantitative estimate of drug-likeness (QED) is 0.594. The molecule has 0 saturated carbocycles. The van der Waals surface area contributed by atoms with E-state index in [0.717, 1.165) is 0 Å². The highest BCUT2D eigenvalue weighted by atomic mass is 14.9. The lowest BCUT2D eigenvalue weighted by Gasteiger charge is -2.11. The fraction of sp³-hybridized carbons (Fsp3) is 0.250. The van der Waals surface area contributed by atoms with Crippen molar-refractivity contribution in [3.8, 4) is 11.3 Å². The second-order valence-corrected chi connectivity index (χ2v) is 6.09. The third-order valence-corrected chi connectivity index (χ3v) is 4.22. The second kappa shape index (κ2) is 5.33. The molecule has 0 spiro atoms. The Hall–Kier alpha value is -2.15. The first-order chi connectivity index (χ1) is 10.1. The van der Waals surface area contributed by atoms with Crippen LogP contribution in [-0.2, 0) is 7.05 Å². The van der Waals surface area contributed by atoms with E-state index in [9.17, 15) is 0 Å². The number of rotatable bonds is 2. The Kier molecular flexibility index (Phi) is 3.50. The van der Waals surface area contributed by atoms with Gasteiger partial charge in [0.1, 0.15) is 7.05 Å². The van der Waals surface area contributed by atoms with Gasteiger partial charge in [0.25, 0.3) is 0 Å². The van der Waals surface area contributed by atoms with Crippen LogP contribution in [0, 0.1) is 6.92 Å². The highest BCUT2D eigenvalue weighted by molar-refractivity contribution is 5.93. The molecule has 2 aromatic carbocycles. The molecule has 106 valence electrons. The Morgan fingerprint density at radius 2 is 1.71 bits per heavy atom. The number of fused-ring (bicyclic) bond motifs is 1. The summed E-state index contributed by atoms with van der Waals surface area (Å²) in [5.74, 6) is 0.569. The van der Waals surface area contributed by atoms with Crippen molar-refractivity contribution in [1.29, 1.82) is 0 Å². The number of nitrogens with zero attached hydrogens (tertiary/aromatic N) is 1. The third-order valence-electron chi connectivity index (χ3n) is 4.22. The average Bonchev–Trinajstić information content (AvgIpc) is 2.48. The van der Waals surface area contributed by atoms with Crippen LogP contribution >= 0.6 is 0 Å². The summed E-state index contributed by atoms with van der Waals surface area (Å²) in [7, 11) is 2.12. The van der Waals surface area contributed by atoms with Gasteiger partial charge in [0.05, 0.1) is 5.39 Å². The molecular formula is C20H22N+. The van der Waals surface area contributed by atoms with Crippen molar-refractivity contribution in [2.24, 2.45) is 7.05 Å². The number of aryl methyl sites for hydroxylation is 2. The molecule has 21 heavy (non-hydrogen) atoms. The number of hydrogen-bond acceptors (Lipinski definition) is 0. The molecular weight excluding hydrogens is 254 g/mol. The normalized spacial score (nSPS) is 11.3. The fourth-order valence-corrected chi connectivity index (χ4v) is 2.96. The molecule has 1 nitrogen and oxygen atoms in total. The molecule has 0 amide bonds. The first-order valence-corrected chi connectivity index (χ1v) is 7.56. The summed E-state index contributed by atoms with van der Waals surface area (Å²) in [6, 6.07) is 17.6. The maximum Gasteiger partial charge on any atom is 0.220 e. The maximum absolute atomic E-state index is 2.32. The first-order valence-electron chi connectivity index (χ1n) is 7.56. The summed E-state index contributed by atoms with van der Waals surface area (Å²) >= 11 is 0. The summed E-state index contributed by atoms with van der Waals surface area (Å²) < 4.78 is 2.22. The molecule has 0 unspecified atom stereocenters. The molecule has 0 aliphatic rings. The smallest absolute Gasteiger partial charge is 0.200 e. The van der Waals surface area contributed by atoms with Crippen LogP contribution in [0.2, 0.25) is 0 Å². The van der Waals surface area contributed by atoms with Gasteiger partial charge in [0.15, 0.2) is 6.20 Å². The van der Waals surface area contributed by atoms with Crippen molar-refractivity contribution in [1.82, 2.24) is 0 Å². The van der Waals surface area contributed by atoms with E-state index >= 15 is 0 Å². The van der Waals surface area contributed by atoms with Gasteiger partial charge >= 0.3 is 0 Å². The van der Waals surface area contributed by atoms with Gasteiger partial charge in [-0.05, 0) is 41.5 Å². The van der Waals surface area contributed by atoms with Crippen molar-refractivity contribution in [2.75, 3.05) is 0 Å². The van der Waals surface area contributed by atoms with Gasteiger partial charge in [0.2, 0.25) is 5.69 Å². The fourth-order valence-electron chi connectivity index (χ4n) is 2.96. The van der Waals surface area contributed by atoms with Crippen molar-refractivity contribution in [3.63, 3.8) is 0 Å². The molecule has 1 heterocycles. The van der Waals surface area contributed by atoms with E-state index in [1.54, 1.807) is 0 Å². The van der Waals surface area contributed by atoms with Crippen LogP contribution < -0.4 is 4.57 Å². The van der Waals surface area contributed by atoms with Crippen LogP contribution in [0.4, 0.5) is 0 Å². The van der Waals surface area contributed by atoms with Gasteiger partial charge in [-0.25, -0.2) is 4.57 Å². The van der Waals surface area contributed by atoms with E-state index in [2.05, 4.69) is 87.1 Å². The molecule has 3 aromatic rings. The molecule has 0 N–H and O–H groups in total. The summed E-state index contributed by atoms with van der Waals surface area (Å²) in [6.45, 7) is 6.70. The van der Waals surface area contributed by atoms with Crippen LogP contribution in [0.15, 0.2) is 54.7 Å². The van der Waals surface area contributed by atoms with E-state index in [4.69, 9.17) is 0 Å². The Morgan fingerprint density at radius 1 is 0.952 bits per heavy atom. The van der Waals surface area contributed by atoms with Crippen molar-refractivity contribution in [2.45, 2.75) is 26.7 Å². The summed E-state index contributed by atoms with van der Waals surface area (Å²) in [5.41, 5.74) is 5.35. The van der Waals surface area contributed by atoms with Gasteiger partial charge in [0, 0.05) is 11.6 Å². The van der Waals surface area contributed by atoms with Crippen molar-refractivity contribution < 1.29 is 4.57 Å². The molecule has 0 bridgehead atoms. The Labute approximate surface area is 126 Å². The lowest BCUT2D eigenvalue weighted by molar-refractivity contribution is -0.659. The predicted octanol–water partition coefficient (Wildman–Crippen LogP) is 4.76. The van der Waals surface area contributed by atoms with Gasteiger partial charge in [-0.15, -0.1) is 0 Å². The van der Waals surface area contributed by atoms with Gasteiger partial charge in [-0.2, -0.15) is 0 Å². The minimum atomic E-state index is 0.569. The molecule has 0 fully saturated rings. The summed E-state index contributed by atoms with van der Waals surface area (Å²) in [5, 5.41) is 2.60. The Morgan fingerprint density at radius 3 is 2.43 bits per heavy atom. The molecule has 0 atom stereocenters. The Bertz CT molecular complexity index is 800. The van der Waals surface area contributed by atoms with Crippen LogP contribution in [0.25, 0.3) is 22.0 Å². The summed E-state index contributed by atoms with van der Waals surface area (Å²) in [4.78, 5) is 0.